The van der Waals surface area contributed by atoms with Crippen LogP contribution in [-0.2, 0) is 13.1 Å². The molecule has 0 unspecified atom stereocenters. The van der Waals surface area contributed by atoms with Gasteiger partial charge in [-0.15, -0.1) is 0 Å². The Kier molecular flexibility index (Phi) is 5.15. The molecule has 0 spiro atoms. The number of hydrogen-bond acceptors (Lipinski definition) is 3. The van der Waals surface area contributed by atoms with Crippen LogP contribution in [0.1, 0.15) is 35.5 Å². The maximum atomic E-state index is 13.1. The van der Waals surface area contributed by atoms with Crippen molar-refractivity contribution in [3.63, 3.8) is 0 Å². The molecule has 2 aromatic carbocycles. The standard InChI is InChI=1S/C22H24N2O3/c1-13(2)12-24-19(11-23)20(15-6-4-14(3)5-7-15)18-10-16(22(26)27)8-9-17(18)21(24)25/h4-10,13H,11-12,23H2,1-3H3,(H,26,27). The number of rotatable bonds is 5. The number of carboxylic acid groups (broad SMARTS) is 1. The topological polar surface area (TPSA) is 85.3 Å². The van der Waals surface area contributed by atoms with Crippen molar-refractivity contribution in [1.82, 2.24) is 4.57 Å². The number of benzene rings is 2. The van der Waals surface area contributed by atoms with Gasteiger partial charge >= 0.3 is 5.97 Å². The fourth-order valence-corrected chi connectivity index (χ4v) is 3.44. The highest BCUT2D eigenvalue weighted by Crippen LogP contribution is 2.32. The zero-order chi connectivity index (χ0) is 19.7. The van der Waals surface area contributed by atoms with E-state index in [0.29, 0.717) is 17.3 Å². The average Bonchev–Trinajstić information content (AvgIpc) is 2.63. The molecule has 5 heteroatoms. The third-order valence-electron chi connectivity index (χ3n) is 4.71. The van der Waals surface area contributed by atoms with E-state index in [1.807, 2.05) is 31.2 Å². The van der Waals surface area contributed by atoms with Crippen molar-refractivity contribution in [3.8, 4) is 11.1 Å². The van der Waals surface area contributed by atoms with E-state index in [4.69, 9.17) is 5.73 Å². The summed E-state index contributed by atoms with van der Waals surface area (Å²) in [5.74, 6) is -0.748. The zero-order valence-electron chi connectivity index (χ0n) is 15.8. The first-order chi connectivity index (χ1) is 12.8. The van der Waals surface area contributed by atoms with Crippen LogP contribution < -0.4 is 11.3 Å². The Morgan fingerprint density at radius 3 is 2.33 bits per heavy atom. The zero-order valence-corrected chi connectivity index (χ0v) is 15.8. The van der Waals surface area contributed by atoms with Crippen molar-refractivity contribution in [2.24, 2.45) is 11.7 Å². The molecule has 3 aromatic rings. The number of nitrogens with zero attached hydrogens (tertiary/aromatic N) is 1. The minimum atomic E-state index is -1.02. The molecule has 0 aliphatic rings. The van der Waals surface area contributed by atoms with Crippen molar-refractivity contribution in [2.75, 3.05) is 0 Å². The molecular formula is C22H24N2O3. The Hall–Kier alpha value is -2.92. The highest BCUT2D eigenvalue weighted by molar-refractivity contribution is 6.01. The molecule has 0 aliphatic heterocycles. The number of carbonyl (C=O) groups is 1. The summed E-state index contributed by atoms with van der Waals surface area (Å²) in [5, 5.41) is 10.5. The maximum absolute atomic E-state index is 13.1. The molecular weight excluding hydrogens is 340 g/mol. The smallest absolute Gasteiger partial charge is 0.335 e. The molecule has 0 saturated carbocycles. The lowest BCUT2D eigenvalue weighted by Gasteiger charge is -2.21. The Labute approximate surface area is 158 Å². The molecule has 0 atom stereocenters. The third-order valence-corrected chi connectivity index (χ3v) is 4.71. The van der Waals surface area contributed by atoms with Gasteiger partial charge in [0.15, 0.2) is 0 Å². The number of carboxylic acids is 1. The fraction of sp³-hybridized carbons (Fsp3) is 0.273. The van der Waals surface area contributed by atoms with E-state index in [0.717, 1.165) is 22.4 Å². The van der Waals surface area contributed by atoms with E-state index in [2.05, 4.69) is 13.8 Å². The Bertz CT molecular complexity index is 1060. The van der Waals surface area contributed by atoms with E-state index in [1.54, 1.807) is 16.7 Å². The van der Waals surface area contributed by atoms with Crippen LogP contribution in [0, 0.1) is 12.8 Å². The summed E-state index contributed by atoms with van der Waals surface area (Å²) in [6.07, 6.45) is 0. The molecule has 0 saturated heterocycles. The van der Waals surface area contributed by atoms with Crippen molar-refractivity contribution >= 4 is 16.7 Å². The fourth-order valence-electron chi connectivity index (χ4n) is 3.44. The maximum Gasteiger partial charge on any atom is 0.335 e. The van der Waals surface area contributed by atoms with E-state index in [9.17, 15) is 14.7 Å². The van der Waals surface area contributed by atoms with Gasteiger partial charge in [0.25, 0.3) is 5.56 Å². The lowest BCUT2D eigenvalue weighted by molar-refractivity contribution is 0.0697. The Balaban J connectivity index is 2.48. The number of aromatic nitrogens is 1. The summed E-state index contributed by atoms with van der Waals surface area (Å²) in [4.78, 5) is 24.6. The van der Waals surface area contributed by atoms with Gasteiger partial charge in [-0.1, -0.05) is 43.7 Å². The van der Waals surface area contributed by atoms with Crippen molar-refractivity contribution in [2.45, 2.75) is 33.9 Å². The van der Waals surface area contributed by atoms with E-state index < -0.39 is 5.97 Å². The Morgan fingerprint density at radius 2 is 1.78 bits per heavy atom. The molecule has 3 rings (SSSR count). The molecule has 5 nitrogen and oxygen atoms in total. The van der Waals surface area contributed by atoms with E-state index in [-0.39, 0.29) is 23.6 Å². The van der Waals surface area contributed by atoms with Crippen LogP contribution in [0.3, 0.4) is 0 Å². The SMILES string of the molecule is Cc1ccc(-c2c(CN)n(CC(C)C)c(=O)c3ccc(C(=O)O)cc23)cc1. The summed E-state index contributed by atoms with van der Waals surface area (Å²) in [6, 6.07) is 12.6. The predicted octanol–water partition coefficient (Wildman–Crippen LogP) is 3.79. The second kappa shape index (κ2) is 7.37. The Morgan fingerprint density at radius 1 is 1.11 bits per heavy atom. The van der Waals surface area contributed by atoms with Crippen molar-refractivity contribution in [1.29, 1.82) is 0 Å². The van der Waals surface area contributed by atoms with Gasteiger partial charge in [-0.2, -0.15) is 0 Å². The third kappa shape index (κ3) is 3.51. The summed E-state index contributed by atoms with van der Waals surface area (Å²) in [6.45, 7) is 6.86. The first kappa shape index (κ1) is 18.9. The van der Waals surface area contributed by atoms with Gasteiger partial charge in [0, 0.05) is 29.7 Å². The van der Waals surface area contributed by atoms with Gasteiger partial charge < -0.3 is 15.4 Å². The minimum absolute atomic E-state index is 0.132. The summed E-state index contributed by atoms with van der Waals surface area (Å²) in [7, 11) is 0. The molecule has 1 aromatic heterocycles. The molecule has 0 amide bonds. The van der Waals surface area contributed by atoms with Crippen LogP contribution in [0.5, 0.6) is 0 Å². The van der Waals surface area contributed by atoms with Crippen LogP contribution in [0.4, 0.5) is 0 Å². The second-order valence-corrected chi connectivity index (χ2v) is 7.27. The first-order valence-electron chi connectivity index (χ1n) is 9.03. The number of aromatic carboxylic acids is 1. The van der Waals surface area contributed by atoms with E-state index in [1.165, 1.54) is 6.07 Å². The number of hydrogen-bond donors (Lipinski definition) is 2. The van der Waals surface area contributed by atoms with Gasteiger partial charge in [0.1, 0.15) is 0 Å². The monoisotopic (exact) mass is 364 g/mol. The molecule has 3 N–H and O–H groups in total. The van der Waals surface area contributed by atoms with Gasteiger partial charge in [-0.05, 0) is 42.0 Å². The van der Waals surface area contributed by atoms with Gasteiger partial charge in [-0.3, -0.25) is 4.79 Å². The lowest BCUT2D eigenvalue weighted by Crippen LogP contribution is -2.28. The molecule has 0 aliphatic carbocycles. The molecule has 1 heterocycles. The number of nitrogens with two attached hydrogens (primary N) is 1. The summed E-state index contributed by atoms with van der Waals surface area (Å²) >= 11 is 0. The van der Waals surface area contributed by atoms with E-state index >= 15 is 0 Å². The number of aryl methyl sites for hydroxylation is 1. The quantitative estimate of drug-likeness (QED) is 0.721. The van der Waals surface area contributed by atoms with Crippen LogP contribution in [-0.4, -0.2) is 15.6 Å². The number of fused-ring (bicyclic) bond motifs is 1. The number of pyridine rings is 1. The average molecular weight is 364 g/mol. The first-order valence-corrected chi connectivity index (χ1v) is 9.03. The van der Waals surface area contributed by atoms with Gasteiger partial charge in [0.2, 0.25) is 0 Å². The van der Waals surface area contributed by atoms with Gasteiger partial charge in [-0.25, -0.2) is 4.79 Å². The lowest BCUT2D eigenvalue weighted by atomic mass is 9.94. The van der Waals surface area contributed by atoms with Crippen molar-refractivity contribution < 1.29 is 9.90 Å². The minimum Gasteiger partial charge on any atom is -0.478 e. The molecule has 140 valence electrons. The highest BCUT2D eigenvalue weighted by Gasteiger charge is 2.19. The molecule has 0 fully saturated rings. The van der Waals surface area contributed by atoms with Crippen LogP contribution in [0.2, 0.25) is 0 Å². The summed E-state index contributed by atoms with van der Waals surface area (Å²) in [5.41, 5.74) is 9.70. The van der Waals surface area contributed by atoms with Crippen LogP contribution >= 0.6 is 0 Å². The normalized spacial score (nSPS) is 11.3. The predicted molar refractivity (Wildman–Crippen MR) is 108 cm³/mol. The van der Waals surface area contributed by atoms with Crippen molar-refractivity contribution in [3.05, 3.63) is 69.6 Å². The largest absolute Gasteiger partial charge is 0.478 e. The van der Waals surface area contributed by atoms with Crippen LogP contribution in [0.15, 0.2) is 47.3 Å². The van der Waals surface area contributed by atoms with Crippen LogP contribution in [0.25, 0.3) is 21.9 Å². The second-order valence-electron chi connectivity index (χ2n) is 7.27. The highest BCUT2D eigenvalue weighted by atomic mass is 16.4. The van der Waals surface area contributed by atoms with Gasteiger partial charge in [0.05, 0.1) is 5.56 Å². The molecule has 0 radical (unpaired) electrons. The molecule has 0 bridgehead atoms. The molecule has 27 heavy (non-hydrogen) atoms. The summed E-state index contributed by atoms with van der Waals surface area (Å²) < 4.78 is 1.74.